The van der Waals surface area contributed by atoms with E-state index in [1.54, 1.807) is 0 Å². The molecule has 0 fully saturated rings. The molecule has 0 atom stereocenters. The molecule has 0 aliphatic carbocycles. The summed E-state index contributed by atoms with van der Waals surface area (Å²) in [6.07, 6.45) is 2.64. The molecule has 10 heavy (non-hydrogen) atoms. The van der Waals surface area contributed by atoms with Gasteiger partial charge < -0.3 is 10.1 Å². The molecule has 0 aromatic carbocycles. The Kier molecular flexibility index (Phi) is 3.59. The Balaban J connectivity index is 0.000000810. The van der Waals surface area contributed by atoms with Crippen LogP contribution in [-0.4, -0.2) is 10.1 Å². The fourth-order valence-electron chi connectivity index (χ4n) is 0.651. The molecule has 1 rings (SSSR count). The zero-order valence-electron chi connectivity index (χ0n) is 5.88. The van der Waals surface area contributed by atoms with E-state index in [0.717, 1.165) is 11.1 Å². The Labute approximate surface area is 74.6 Å². The minimum Gasteiger partial charge on any atom is -0.550 e. The Morgan fingerprint density at radius 1 is 1.50 bits per heavy atom. The van der Waals surface area contributed by atoms with E-state index in [9.17, 15) is 0 Å². The van der Waals surface area contributed by atoms with Crippen molar-refractivity contribution in [1.82, 2.24) is 4.98 Å². The number of hydrogen-bond acceptors (Lipinski definition) is 2. The Morgan fingerprint density at radius 3 is 2.50 bits per heavy atom. The van der Waals surface area contributed by atoms with Crippen LogP contribution in [0.2, 0.25) is 0 Å². The van der Waals surface area contributed by atoms with Gasteiger partial charge in [-0.2, -0.15) is 6.07 Å². The summed E-state index contributed by atoms with van der Waals surface area (Å²) in [7, 11) is 0. The van der Waals surface area contributed by atoms with Crippen LogP contribution < -0.4 is 0 Å². The molecule has 0 saturated heterocycles. The molecule has 1 aromatic heterocycles. The monoisotopic (exact) mass is 306 g/mol. The van der Waals surface area contributed by atoms with Gasteiger partial charge in [0, 0.05) is 0 Å². The summed E-state index contributed by atoms with van der Waals surface area (Å²) in [4.78, 5) is 3.61. The van der Waals surface area contributed by atoms with E-state index in [1.807, 2.05) is 19.9 Å². The SMILES string of the molecule is Cc1[c-]nc(O)c(C)c1.[W+2]. The second-order valence-electron chi connectivity index (χ2n) is 2.06. The molecular formula is C7H8NOW+. The van der Waals surface area contributed by atoms with Crippen molar-refractivity contribution in [3.8, 4) is 5.88 Å². The zero-order chi connectivity index (χ0) is 6.85. The average Bonchev–Trinajstić information content (AvgIpc) is 1.80. The van der Waals surface area contributed by atoms with Crippen LogP contribution in [0.4, 0.5) is 0 Å². The Morgan fingerprint density at radius 2 is 2.10 bits per heavy atom. The fourth-order valence-corrected chi connectivity index (χ4v) is 0.651. The van der Waals surface area contributed by atoms with Gasteiger partial charge in [-0.1, -0.05) is 20.0 Å². The number of nitrogens with zero attached hydrogens (tertiary/aromatic N) is 1. The average molecular weight is 306 g/mol. The summed E-state index contributed by atoms with van der Waals surface area (Å²) in [5.74, 6) is 0.0700. The molecule has 0 amide bonds. The quantitative estimate of drug-likeness (QED) is 0.731. The van der Waals surface area contributed by atoms with Gasteiger partial charge in [-0.25, -0.2) is 0 Å². The van der Waals surface area contributed by atoms with Crippen molar-refractivity contribution in [3.63, 3.8) is 0 Å². The van der Waals surface area contributed by atoms with Crippen LogP contribution in [0, 0.1) is 20.0 Å². The van der Waals surface area contributed by atoms with Gasteiger partial charge in [0.1, 0.15) is 0 Å². The minimum absolute atomic E-state index is 0. The van der Waals surface area contributed by atoms with Crippen LogP contribution in [0.3, 0.4) is 0 Å². The number of aromatic nitrogens is 1. The second kappa shape index (κ2) is 3.72. The Hall–Kier alpha value is -0.362. The maximum Gasteiger partial charge on any atom is 2.00 e. The van der Waals surface area contributed by atoms with Crippen molar-refractivity contribution < 1.29 is 26.2 Å². The van der Waals surface area contributed by atoms with Crippen LogP contribution in [-0.2, 0) is 21.1 Å². The first-order chi connectivity index (χ1) is 4.20. The number of hydrogen-bond donors (Lipinski definition) is 1. The van der Waals surface area contributed by atoms with Crippen molar-refractivity contribution in [3.05, 3.63) is 23.4 Å². The number of aryl methyl sites for hydroxylation is 2. The summed E-state index contributed by atoms with van der Waals surface area (Å²) < 4.78 is 0. The second-order valence-corrected chi connectivity index (χ2v) is 2.06. The first-order valence-electron chi connectivity index (χ1n) is 2.75. The molecule has 0 radical (unpaired) electrons. The summed E-state index contributed by atoms with van der Waals surface area (Å²) in [5.41, 5.74) is 1.75. The van der Waals surface area contributed by atoms with Crippen LogP contribution >= 0.6 is 0 Å². The number of rotatable bonds is 0. The van der Waals surface area contributed by atoms with Gasteiger partial charge in [0.25, 0.3) is 0 Å². The van der Waals surface area contributed by atoms with Crippen LogP contribution in [0.1, 0.15) is 11.1 Å². The van der Waals surface area contributed by atoms with E-state index in [1.165, 1.54) is 0 Å². The maximum atomic E-state index is 8.90. The van der Waals surface area contributed by atoms with Gasteiger partial charge in [-0.15, -0.1) is 11.1 Å². The van der Waals surface area contributed by atoms with Crippen molar-refractivity contribution in [2.24, 2.45) is 0 Å². The third-order valence-electron chi connectivity index (χ3n) is 1.12. The molecule has 0 spiro atoms. The third kappa shape index (κ3) is 2.11. The topological polar surface area (TPSA) is 33.1 Å². The van der Waals surface area contributed by atoms with Gasteiger partial charge >= 0.3 is 21.1 Å². The predicted molar refractivity (Wildman–Crippen MR) is 34.2 cm³/mol. The molecule has 0 unspecified atom stereocenters. The maximum absolute atomic E-state index is 8.90. The molecular weight excluding hydrogens is 298 g/mol. The number of aromatic hydroxyl groups is 1. The largest absolute Gasteiger partial charge is 2.00 e. The molecule has 0 aliphatic heterocycles. The summed E-state index contributed by atoms with van der Waals surface area (Å²) >= 11 is 0. The van der Waals surface area contributed by atoms with E-state index in [-0.39, 0.29) is 26.9 Å². The van der Waals surface area contributed by atoms with E-state index in [4.69, 9.17) is 5.11 Å². The first kappa shape index (κ1) is 9.64. The number of pyridine rings is 1. The van der Waals surface area contributed by atoms with Crippen LogP contribution in [0.25, 0.3) is 0 Å². The van der Waals surface area contributed by atoms with Crippen LogP contribution in [0.5, 0.6) is 5.88 Å². The van der Waals surface area contributed by atoms with E-state index in [0.29, 0.717) is 0 Å². The standard InChI is InChI=1S/C7H8NO.W/c1-5-3-6(2)7(9)8-4-5;/h3H,1-2H3,(H,8,9);/q-1;+2. The first-order valence-corrected chi connectivity index (χ1v) is 2.75. The Bertz CT molecular complexity index is 225. The van der Waals surface area contributed by atoms with Gasteiger partial charge in [0.2, 0.25) is 0 Å². The van der Waals surface area contributed by atoms with E-state index in [2.05, 4.69) is 11.2 Å². The third-order valence-corrected chi connectivity index (χ3v) is 1.12. The molecule has 1 N–H and O–H groups in total. The van der Waals surface area contributed by atoms with Gasteiger partial charge in [-0.3, -0.25) is 0 Å². The van der Waals surface area contributed by atoms with Crippen molar-refractivity contribution in [1.29, 1.82) is 0 Å². The van der Waals surface area contributed by atoms with Crippen molar-refractivity contribution in [2.75, 3.05) is 0 Å². The van der Waals surface area contributed by atoms with Crippen molar-refractivity contribution >= 4 is 0 Å². The molecule has 1 heterocycles. The minimum atomic E-state index is 0. The molecule has 52 valence electrons. The normalized spacial score (nSPS) is 8.60. The van der Waals surface area contributed by atoms with E-state index < -0.39 is 0 Å². The summed E-state index contributed by atoms with van der Waals surface area (Å²) in [5, 5.41) is 8.90. The summed E-state index contributed by atoms with van der Waals surface area (Å²) in [6.45, 7) is 3.70. The smallest absolute Gasteiger partial charge is 0.550 e. The van der Waals surface area contributed by atoms with E-state index >= 15 is 0 Å². The van der Waals surface area contributed by atoms with Gasteiger partial charge in [0.15, 0.2) is 0 Å². The van der Waals surface area contributed by atoms with Gasteiger partial charge in [-0.05, 0) is 0 Å². The molecule has 0 bridgehead atoms. The molecule has 0 saturated carbocycles. The predicted octanol–water partition coefficient (Wildman–Crippen LogP) is 1.20. The molecule has 2 nitrogen and oxygen atoms in total. The van der Waals surface area contributed by atoms with Gasteiger partial charge in [0.05, 0.1) is 5.88 Å². The van der Waals surface area contributed by atoms with Crippen LogP contribution in [0.15, 0.2) is 6.07 Å². The fraction of sp³-hybridized carbons (Fsp3) is 0.286. The van der Waals surface area contributed by atoms with Crippen molar-refractivity contribution in [2.45, 2.75) is 13.8 Å². The molecule has 3 heteroatoms. The summed E-state index contributed by atoms with van der Waals surface area (Å²) in [6, 6.07) is 1.84. The molecule has 0 aliphatic rings. The molecule has 1 aromatic rings. The zero-order valence-corrected chi connectivity index (χ0v) is 8.81.